The fraction of sp³-hybridized carbons (Fsp3) is 0.240. The molecular formula is C25H28N2O5S. The minimum absolute atomic E-state index is 0.117. The highest BCUT2D eigenvalue weighted by atomic mass is 32.2. The summed E-state index contributed by atoms with van der Waals surface area (Å²) >= 11 is 0. The zero-order chi connectivity index (χ0) is 24.0. The van der Waals surface area contributed by atoms with Gasteiger partial charge >= 0.3 is 0 Å². The topological polar surface area (TPSA) is 84.9 Å². The molecule has 0 aliphatic carbocycles. The zero-order valence-electron chi connectivity index (χ0n) is 19.1. The molecule has 0 heterocycles. The summed E-state index contributed by atoms with van der Waals surface area (Å²) in [6, 6.07) is 20.1. The molecule has 1 N–H and O–H groups in total. The van der Waals surface area contributed by atoms with E-state index in [1.54, 1.807) is 56.7 Å². The Balaban J connectivity index is 1.85. The molecule has 0 aromatic heterocycles. The van der Waals surface area contributed by atoms with Crippen LogP contribution in [0.3, 0.4) is 0 Å². The molecule has 0 saturated heterocycles. The summed E-state index contributed by atoms with van der Waals surface area (Å²) in [5, 5.41) is 2.88. The van der Waals surface area contributed by atoms with Gasteiger partial charge in [-0.25, -0.2) is 8.42 Å². The lowest BCUT2D eigenvalue weighted by Crippen LogP contribution is -2.41. The van der Waals surface area contributed by atoms with Gasteiger partial charge in [-0.05, 0) is 55.8 Å². The predicted octanol–water partition coefficient (Wildman–Crippen LogP) is 4.08. The smallest absolute Gasteiger partial charge is 0.264 e. The Morgan fingerprint density at radius 3 is 2.18 bits per heavy atom. The summed E-state index contributed by atoms with van der Waals surface area (Å²) in [6.07, 6.45) is 0. The van der Waals surface area contributed by atoms with Gasteiger partial charge in [-0.1, -0.05) is 42.0 Å². The first-order valence-electron chi connectivity index (χ1n) is 10.4. The first-order chi connectivity index (χ1) is 15.8. The summed E-state index contributed by atoms with van der Waals surface area (Å²) < 4.78 is 38.5. The highest BCUT2D eigenvalue weighted by Gasteiger charge is 2.27. The highest BCUT2D eigenvalue weighted by Crippen LogP contribution is 2.30. The predicted molar refractivity (Wildman–Crippen MR) is 128 cm³/mol. The fourth-order valence-electron chi connectivity index (χ4n) is 3.37. The molecule has 0 fully saturated rings. The van der Waals surface area contributed by atoms with Crippen LogP contribution in [0.4, 0.5) is 5.69 Å². The van der Waals surface area contributed by atoms with Crippen molar-refractivity contribution >= 4 is 21.6 Å². The highest BCUT2D eigenvalue weighted by molar-refractivity contribution is 7.92. The van der Waals surface area contributed by atoms with Crippen LogP contribution in [0.1, 0.15) is 24.1 Å². The van der Waals surface area contributed by atoms with E-state index in [4.69, 9.17) is 9.47 Å². The van der Waals surface area contributed by atoms with Gasteiger partial charge in [0.1, 0.15) is 6.54 Å². The summed E-state index contributed by atoms with van der Waals surface area (Å²) in [6.45, 7) is 3.37. The van der Waals surface area contributed by atoms with E-state index in [9.17, 15) is 13.2 Å². The van der Waals surface area contributed by atoms with Crippen molar-refractivity contribution < 1.29 is 22.7 Å². The van der Waals surface area contributed by atoms with Gasteiger partial charge in [-0.15, -0.1) is 0 Å². The molecule has 1 amide bonds. The van der Waals surface area contributed by atoms with Crippen LogP contribution < -0.4 is 19.1 Å². The number of nitrogens with zero attached hydrogens (tertiary/aromatic N) is 1. The van der Waals surface area contributed by atoms with Gasteiger partial charge in [-0.3, -0.25) is 9.10 Å². The average molecular weight is 469 g/mol. The van der Waals surface area contributed by atoms with Crippen LogP contribution in [-0.4, -0.2) is 35.1 Å². The number of hydrogen-bond donors (Lipinski definition) is 1. The van der Waals surface area contributed by atoms with E-state index in [1.807, 2.05) is 32.0 Å². The molecule has 0 aliphatic heterocycles. The van der Waals surface area contributed by atoms with Gasteiger partial charge in [0.25, 0.3) is 10.0 Å². The van der Waals surface area contributed by atoms with E-state index < -0.39 is 15.9 Å². The van der Waals surface area contributed by atoms with E-state index in [0.717, 1.165) is 15.4 Å². The second-order valence-corrected chi connectivity index (χ2v) is 9.43. The Morgan fingerprint density at radius 1 is 0.939 bits per heavy atom. The lowest BCUT2D eigenvalue weighted by molar-refractivity contribution is -0.120. The van der Waals surface area contributed by atoms with Gasteiger partial charge in [0.2, 0.25) is 5.91 Å². The molecule has 0 saturated carbocycles. The van der Waals surface area contributed by atoms with E-state index in [0.29, 0.717) is 17.2 Å². The molecule has 3 rings (SSSR count). The van der Waals surface area contributed by atoms with Crippen LogP contribution >= 0.6 is 0 Å². The quantitative estimate of drug-likeness (QED) is 0.511. The molecule has 0 radical (unpaired) electrons. The van der Waals surface area contributed by atoms with Crippen molar-refractivity contribution in [2.24, 2.45) is 0 Å². The maximum atomic E-state index is 13.4. The molecular weight excluding hydrogens is 440 g/mol. The number of rotatable bonds is 9. The fourth-order valence-corrected chi connectivity index (χ4v) is 4.81. The van der Waals surface area contributed by atoms with Gasteiger partial charge in [0.05, 0.1) is 30.8 Å². The number of nitrogens with one attached hydrogen (secondary N) is 1. The Bertz CT molecular complexity index is 1200. The monoisotopic (exact) mass is 468 g/mol. The molecule has 1 unspecified atom stereocenters. The number of carbonyl (C=O) groups excluding carboxylic acids is 1. The first-order valence-corrected chi connectivity index (χ1v) is 11.9. The van der Waals surface area contributed by atoms with Crippen molar-refractivity contribution in [2.45, 2.75) is 24.8 Å². The number of amides is 1. The van der Waals surface area contributed by atoms with Crippen molar-refractivity contribution in [1.29, 1.82) is 0 Å². The van der Waals surface area contributed by atoms with Crippen molar-refractivity contribution in [3.8, 4) is 11.5 Å². The second kappa shape index (κ2) is 10.4. The van der Waals surface area contributed by atoms with Crippen LogP contribution in [0.5, 0.6) is 11.5 Å². The average Bonchev–Trinajstić information content (AvgIpc) is 2.83. The number of benzene rings is 3. The third kappa shape index (κ3) is 5.64. The third-order valence-corrected chi connectivity index (χ3v) is 7.01. The van der Waals surface area contributed by atoms with Crippen LogP contribution in [0, 0.1) is 6.92 Å². The molecule has 174 valence electrons. The lowest BCUT2D eigenvalue weighted by atomic mass is 10.1. The number of anilines is 1. The summed E-state index contributed by atoms with van der Waals surface area (Å²) in [5.41, 5.74) is 2.20. The maximum Gasteiger partial charge on any atom is 0.264 e. The van der Waals surface area contributed by atoms with Crippen LogP contribution in [0.15, 0.2) is 77.7 Å². The van der Waals surface area contributed by atoms with Gasteiger partial charge in [0.15, 0.2) is 11.5 Å². The number of carbonyl (C=O) groups is 1. The Hall–Kier alpha value is -3.52. The van der Waals surface area contributed by atoms with Crippen LogP contribution in [0.2, 0.25) is 0 Å². The molecule has 0 aliphatic rings. The normalized spacial score (nSPS) is 12.0. The Labute approximate surface area is 195 Å². The number of aryl methyl sites for hydroxylation is 1. The summed E-state index contributed by atoms with van der Waals surface area (Å²) in [7, 11) is -0.855. The molecule has 0 bridgehead atoms. The van der Waals surface area contributed by atoms with Gasteiger partial charge in [-0.2, -0.15) is 0 Å². The Morgan fingerprint density at radius 2 is 1.58 bits per heavy atom. The van der Waals surface area contributed by atoms with Crippen molar-refractivity contribution in [1.82, 2.24) is 5.32 Å². The first kappa shape index (κ1) is 24.1. The molecule has 8 heteroatoms. The molecule has 3 aromatic rings. The third-order valence-electron chi connectivity index (χ3n) is 5.23. The number of sulfonamides is 1. The van der Waals surface area contributed by atoms with Gasteiger partial charge < -0.3 is 14.8 Å². The van der Waals surface area contributed by atoms with Crippen LogP contribution in [-0.2, 0) is 14.8 Å². The van der Waals surface area contributed by atoms with Crippen molar-refractivity contribution in [2.75, 3.05) is 25.1 Å². The molecule has 0 spiro atoms. The summed E-state index contributed by atoms with van der Waals surface area (Å²) in [5.74, 6) is 0.695. The maximum absolute atomic E-state index is 13.4. The summed E-state index contributed by atoms with van der Waals surface area (Å²) in [4.78, 5) is 13.1. The van der Waals surface area contributed by atoms with Crippen molar-refractivity contribution in [3.05, 3.63) is 83.9 Å². The minimum atomic E-state index is -3.95. The van der Waals surface area contributed by atoms with E-state index in [-0.39, 0.29) is 17.5 Å². The lowest BCUT2D eigenvalue weighted by Gasteiger charge is -2.25. The number of ether oxygens (including phenoxy) is 2. The van der Waals surface area contributed by atoms with E-state index in [2.05, 4.69) is 5.32 Å². The number of methoxy groups -OCH3 is 2. The second-order valence-electron chi connectivity index (χ2n) is 7.56. The molecule has 33 heavy (non-hydrogen) atoms. The number of hydrogen-bond acceptors (Lipinski definition) is 5. The largest absolute Gasteiger partial charge is 0.493 e. The standard InChI is InChI=1S/C25H28N2O5S/c1-18-10-13-21(14-11-18)27(33(29,30)22-8-6-5-7-9-22)17-25(28)26-19(2)20-12-15-23(31-3)24(16-20)32-4/h5-16,19H,17H2,1-4H3,(H,26,28). The van der Waals surface area contributed by atoms with Crippen molar-refractivity contribution in [3.63, 3.8) is 0 Å². The molecule has 1 atom stereocenters. The molecule has 3 aromatic carbocycles. The minimum Gasteiger partial charge on any atom is -0.493 e. The van der Waals surface area contributed by atoms with E-state index in [1.165, 1.54) is 12.1 Å². The van der Waals surface area contributed by atoms with Gasteiger partial charge in [0, 0.05) is 0 Å². The SMILES string of the molecule is COc1ccc(C(C)NC(=O)CN(c2ccc(C)cc2)S(=O)(=O)c2ccccc2)cc1OC. The Kier molecular flexibility index (Phi) is 7.60. The molecule has 7 nitrogen and oxygen atoms in total. The zero-order valence-corrected chi connectivity index (χ0v) is 19.9. The van der Waals surface area contributed by atoms with E-state index >= 15 is 0 Å². The van der Waals surface area contributed by atoms with Crippen LogP contribution in [0.25, 0.3) is 0 Å².